The van der Waals surface area contributed by atoms with Crippen LogP contribution in [0.25, 0.3) is 0 Å². The van der Waals surface area contributed by atoms with Crippen molar-refractivity contribution in [3.63, 3.8) is 0 Å². The molecule has 0 fully saturated rings. The summed E-state index contributed by atoms with van der Waals surface area (Å²) in [6, 6.07) is 4.69. The summed E-state index contributed by atoms with van der Waals surface area (Å²) in [5.41, 5.74) is 0. The molecule has 1 atom stereocenters. The summed E-state index contributed by atoms with van der Waals surface area (Å²) in [6.45, 7) is 9.27. The minimum Gasteiger partial charge on any atom is -0.469 e. The van der Waals surface area contributed by atoms with E-state index in [-0.39, 0.29) is 0 Å². The van der Waals surface area contributed by atoms with Crippen molar-refractivity contribution in [2.45, 2.75) is 52.6 Å². The maximum atomic E-state index is 5.29. The quantitative estimate of drug-likeness (QED) is 0.603. The number of furan rings is 1. The molecular weight excluding hydrogens is 226 g/mol. The number of nitrogens with one attached hydrogen (secondary N) is 2. The van der Waals surface area contributed by atoms with Gasteiger partial charge in [0, 0.05) is 25.0 Å². The first-order chi connectivity index (χ1) is 8.61. The van der Waals surface area contributed by atoms with Gasteiger partial charge < -0.3 is 15.1 Å². The van der Waals surface area contributed by atoms with Crippen LogP contribution < -0.4 is 10.6 Å². The zero-order valence-electron chi connectivity index (χ0n) is 11.9. The van der Waals surface area contributed by atoms with Crippen molar-refractivity contribution in [1.82, 2.24) is 10.6 Å². The third-order valence-corrected chi connectivity index (χ3v) is 2.63. The molecule has 1 heterocycles. The SMILES string of the molecule is CCC(C)NC(=NCCc1ccco1)NC(C)C. The predicted octanol–water partition coefficient (Wildman–Crippen LogP) is 2.56. The fourth-order valence-electron chi connectivity index (χ4n) is 1.47. The van der Waals surface area contributed by atoms with Gasteiger partial charge in [0.2, 0.25) is 0 Å². The van der Waals surface area contributed by atoms with Gasteiger partial charge in [0.25, 0.3) is 0 Å². The van der Waals surface area contributed by atoms with Gasteiger partial charge in [-0.1, -0.05) is 6.92 Å². The smallest absolute Gasteiger partial charge is 0.191 e. The first-order valence-electron chi connectivity index (χ1n) is 6.71. The minimum absolute atomic E-state index is 0.379. The highest BCUT2D eigenvalue weighted by atomic mass is 16.3. The van der Waals surface area contributed by atoms with E-state index in [9.17, 15) is 0 Å². The third-order valence-electron chi connectivity index (χ3n) is 2.63. The Morgan fingerprint density at radius 2 is 2.11 bits per heavy atom. The van der Waals surface area contributed by atoms with Gasteiger partial charge in [-0.05, 0) is 39.3 Å². The van der Waals surface area contributed by atoms with Crippen molar-refractivity contribution in [2.24, 2.45) is 4.99 Å². The van der Waals surface area contributed by atoms with Gasteiger partial charge in [-0.25, -0.2) is 0 Å². The molecule has 4 heteroatoms. The van der Waals surface area contributed by atoms with Crippen LogP contribution in [-0.4, -0.2) is 24.6 Å². The highest BCUT2D eigenvalue weighted by Crippen LogP contribution is 2.00. The lowest BCUT2D eigenvalue weighted by molar-refractivity contribution is 0.510. The number of guanidine groups is 1. The molecule has 0 spiro atoms. The van der Waals surface area contributed by atoms with Crippen molar-refractivity contribution in [1.29, 1.82) is 0 Å². The predicted molar refractivity (Wildman–Crippen MR) is 75.9 cm³/mol. The van der Waals surface area contributed by atoms with Crippen molar-refractivity contribution in [2.75, 3.05) is 6.54 Å². The summed E-state index contributed by atoms with van der Waals surface area (Å²) in [6.07, 6.45) is 3.61. The molecule has 4 nitrogen and oxygen atoms in total. The molecule has 0 aliphatic heterocycles. The second-order valence-electron chi connectivity index (χ2n) is 4.81. The van der Waals surface area contributed by atoms with E-state index in [0.29, 0.717) is 12.1 Å². The maximum absolute atomic E-state index is 5.29. The second-order valence-corrected chi connectivity index (χ2v) is 4.81. The normalized spacial score (nSPS) is 13.7. The van der Waals surface area contributed by atoms with Crippen molar-refractivity contribution in [3.8, 4) is 0 Å². The summed E-state index contributed by atoms with van der Waals surface area (Å²) in [7, 11) is 0. The third kappa shape index (κ3) is 5.75. The minimum atomic E-state index is 0.379. The lowest BCUT2D eigenvalue weighted by Crippen LogP contribution is -2.45. The number of aliphatic imine (C=N–C) groups is 1. The van der Waals surface area contributed by atoms with Gasteiger partial charge in [-0.15, -0.1) is 0 Å². The Morgan fingerprint density at radius 3 is 2.67 bits per heavy atom. The summed E-state index contributed by atoms with van der Waals surface area (Å²) < 4.78 is 5.29. The average molecular weight is 251 g/mol. The Kier molecular flexibility index (Phi) is 6.33. The molecular formula is C14H25N3O. The Labute approximate surface area is 110 Å². The fraction of sp³-hybridized carbons (Fsp3) is 0.643. The zero-order chi connectivity index (χ0) is 13.4. The van der Waals surface area contributed by atoms with E-state index in [1.54, 1.807) is 6.26 Å². The van der Waals surface area contributed by atoms with Crippen LogP contribution in [0.4, 0.5) is 0 Å². The molecule has 18 heavy (non-hydrogen) atoms. The largest absolute Gasteiger partial charge is 0.469 e. The molecule has 0 radical (unpaired) electrons. The average Bonchev–Trinajstić information content (AvgIpc) is 2.81. The molecule has 0 saturated heterocycles. The second kappa shape index (κ2) is 7.80. The molecule has 1 unspecified atom stereocenters. The lowest BCUT2D eigenvalue weighted by atomic mass is 10.3. The number of hydrogen-bond donors (Lipinski definition) is 2. The number of nitrogens with zero attached hydrogens (tertiary/aromatic N) is 1. The first kappa shape index (κ1) is 14.6. The van der Waals surface area contributed by atoms with E-state index >= 15 is 0 Å². The van der Waals surface area contributed by atoms with Crippen LogP contribution in [0.15, 0.2) is 27.8 Å². The van der Waals surface area contributed by atoms with Gasteiger partial charge in [0.15, 0.2) is 5.96 Å². The van der Waals surface area contributed by atoms with Crippen LogP contribution in [0, 0.1) is 0 Å². The summed E-state index contributed by atoms with van der Waals surface area (Å²) in [5.74, 6) is 1.86. The van der Waals surface area contributed by atoms with Gasteiger partial charge >= 0.3 is 0 Å². The Balaban J connectivity index is 2.47. The van der Waals surface area contributed by atoms with Crippen molar-refractivity contribution in [3.05, 3.63) is 24.2 Å². The highest BCUT2D eigenvalue weighted by Gasteiger charge is 2.04. The van der Waals surface area contributed by atoms with E-state index in [1.807, 2.05) is 12.1 Å². The van der Waals surface area contributed by atoms with Crippen LogP contribution in [0.2, 0.25) is 0 Å². The molecule has 0 aromatic carbocycles. The summed E-state index contributed by atoms with van der Waals surface area (Å²) >= 11 is 0. The molecule has 0 aliphatic carbocycles. The van der Waals surface area contributed by atoms with Crippen LogP contribution in [0.1, 0.15) is 39.9 Å². The lowest BCUT2D eigenvalue weighted by Gasteiger charge is -2.18. The highest BCUT2D eigenvalue weighted by molar-refractivity contribution is 5.80. The van der Waals surface area contributed by atoms with E-state index in [4.69, 9.17) is 4.42 Å². The topological polar surface area (TPSA) is 49.6 Å². The van der Waals surface area contributed by atoms with Crippen molar-refractivity contribution >= 4 is 5.96 Å². The number of hydrogen-bond acceptors (Lipinski definition) is 2. The Hall–Kier alpha value is -1.45. The van der Waals surface area contributed by atoms with E-state index < -0.39 is 0 Å². The maximum Gasteiger partial charge on any atom is 0.191 e. The van der Waals surface area contributed by atoms with Gasteiger partial charge in [0.1, 0.15) is 5.76 Å². The molecule has 0 amide bonds. The fourth-order valence-corrected chi connectivity index (χ4v) is 1.47. The van der Waals surface area contributed by atoms with E-state index in [2.05, 4.69) is 43.3 Å². The van der Waals surface area contributed by atoms with Crippen molar-refractivity contribution < 1.29 is 4.42 Å². The number of rotatable bonds is 6. The zero-order valence-corrected chi connectivity index (χ0v) is 11.9. The van der Waals surface area contributed by atoms with E-state index in [0.717, 1.165) is 31.1 Å². The van der Waals surface area contributed by atoms with Crippen LogP contribution in [0.5, 0.6) is 0 Å². The molecule has 1 aromatic heterocycles. The molecule has 0 saturated carbocycles. The van der Waals surface area contributed by atoms with Gasteiger partial charge in [-0.2, -0.15) is 0 Å². The molecule has 102 valence electrons. The first-order valence-corrected chi connectivity index (χ1v) is 6.71. The molecule has 0 aliphatic rings. The van der Waals surface area contributed by atoms with Crippen LogP contribution in [0.3, 0.4) is 0 Å². The monoisotopic (exact) mass is 251 g/mol. The van der Waals surface area contributed by atoms with Crippen LogP contribution >= 0.6 is 0 Å². The molecule has 1 aromatic rings. The van der Waals surface area contributed by atoms with E-state index in [1.165, 1.54) is 0 Å². The van der Waals surface area contributed by atoms with Gasteiger partial charge in [0.05, 0.1) is 6.26 Å². The molecule has 2 N–H and O–H groups in total. The van der Waals surface area contributed by atoms with Gasteiger partial charge in [-0.3, -0.25) is 4.99 Å². The molecule has 0 bridgehead atoms. The molecule has 1 rings (SSSR count). The summed E-state index contributed by atoms with van der Waals surface area (Å²) in [5, 5.41) is 6.72. The summed E-state index contributed by atoms with van der Waals surface area (Å²) in [4.78, 5) is 4.56. The Bertz CT molecular complexity index is 344. The Morgan fingerprint density at radius 1 is 1.33 bits per heavy atom. The standard InChI is InChI=1S/C14H25N3O/c1-5-12(4)17-14(16-11(2)3)15-9-8-13-7-6-10-18-13/h6-7,10-12H,5,8-9H2,1-4H3,(H2,15,16,17). The van der Waals surface area contributed by atoms with Crippen LogP contribution in [-0.2, 0) is 6.42 Å².